The van der Waals surface area contributed by atoms with Gasteiger partial charge >= 0.3 is 5.97 Å². The van der Waals surface area contributed by atoms with Gasteiger partial charge in [0.1, 0.15) is 0 Å². The Balaban J connectivity index is 2.67. The van der Waals surface area contributed by atoms with Crippen molar-refractivity contribution in [3.63, 3.8) is 0 Å². The van der Waals surface area contributed by atoms with Crippen LogP contribution in [0.1, 0.15) is 34.8 Å². The number of rotatable bonds is 1. The highest BCUT2D eigenvalue weighted by atomic mass is 16.4. The van der Waals surface area contributed by atoms with Crippen LogP contribution in [0.25, 0.3) is 0 Å². The second-order valence-corrected chi connectivity index (χ2v) is 4.34. The lowest BCUT2D eigenvalue weighted by Crippen LogP contribution is -2.35. The number of aromatic carboxylic acids is 1. The summed E-state index contributed by atoms with van der Waals surface area (Å²) in [5.74, 6) is -1.08. The monoisotopic (exact) mass is 233 g/mol. The molecule has 0 aromatic heterocycles. The molecule has 4 heteroatoms. The minimum absolute atomic E-state index is 0.0981. The van der Waals surface area contributed by atoms with Crippen LogP contribution in [-0.4, -0.2) is 23.5 Å². The smallest absolute Gasteiger partial charge is 0.337 e. The average molecular weight is 233 g/mol. The van der Waals surface area contributed by atoms with Gasteiger partial charge in [0.15, 0.2) is 0 Å². The van der Waals surface area contributed by atoms with E-state index in [1.54, 1.807) is 11.0 Å². The van der Waals surface area contributed by atoms with Crippen molar-refractivity contribution >= 4 is 17.6 Å². The Hall–Kier alpha value is -1.84. The van der Waals surface area contributed by atoms with Gasteiger partial charge in [0.05, 0.1) is 11.3 Å². The van der Waals surface area contributed by atoms with Gasteiger partial charge in [-0.3, -0.25) is 4.79 Å². The molecule has 0 saturated heterocycles. The van der Waals surface area contributed by atoms with Crippen molar-refractivity contribution in [1.29, 1.82) is 0 Å². The number of amides is 1. The molecule has 0 radical (unpaired) electrons. The quantitative estimate of drug-likeness (QED) is 0.807. The van der Waals surface area contributed by atoms with E-state index < -0.39 is 5.97 Å². The number of anilines is 1. The molecule has 0 spiro atoms. The van der Waals surface area contributed by atoms with E-state index in [0.717, 1.165) is 24.0 Å². The van der Waals surface area contributed by atoms with Crippen LogP contribution in [0.5, 0.6) is 0 Å². The maximum Gasteiger partial charge on any atom is 0.337 e. The maximum atomic E-state index is 11.6. The lowest BCUT2D eigenvalue weighted by molar-refractivity contribution is -0.116. The summed E-state index contributed by atoms with van der Waals surface area (Å²) in [4.78, 5) is 24.4. The molecule has 0 atom stereocenters. The molecule has 1 N–H and O–H groups in total. The summed E-state index contributed by atoms with van der Waals surface area (Å²) >= 11 is 0. The molecule has 0 saturated carbocycles. The fourth-order valence-electron chi connectivity index (χ4n) is 2.37. The van der Waals surface area contributed by atoms with Gasteiger partial charge in [-0.25, -0.2) is 4.79 Å². The first kappa shape index (κ1) is 11.6. The summed E-state index contributed by atoms with van der Waals surface area (Å²) in [5, 5.41) is 9.19. The number of carbonyl (C=O) groups excluding carboxylic acids is 1. The first-order chi connectivity index (χ1) is 8.02. The number of fused-ring (bicyclic) bond motifs is 1. The second-order valence-electron chi connectivity index (χ2n) is 4.34. The first-order valence-electron chi connectivity index (χ1n) is 5.66. The van der Waals surface area contributed by atoms with Crippen LogP contribution >= 0.6 is 0 Å². The van der Waals surface area contributed by atoms with Gasteiger partial charge < -0.3 is 10.0 Å². The largest absolute Gasteiger partial charge is 0.478 e. The van der Waals surface area contributed by atoms with Gasteiger partial charge in [0, 0.05) is 13.5 Å². The maximum absolute atomic E-state index is 11.6. The fraction of sp³-hybridized carbons (Fsp3) is 0.385. The summed E-state index contributed by atoms with van der Waals surface area (Å²) in [6.07, 6.45) is 1.72. The Morgan fingerprint density at radius 3 is 2.65 bits per heavy atom. The summed E-state index contributed by atoms with van der Waals surface area (Å²) in [6.45, 7) is 4.03. The lowest BCUT2D eigenvalue weighted by Gasteiger charge is -2.31. The minimum Gasteiger partial charge on any atom is -0.478 e. The van der Waals surface area contributed by atoms with Gasteiger partial charge in [-0.05, 0) is 37.0 Å². The van der Waals surface area contributed by atoms with Gasteiger partial charge in [-0.15, -0.1) is 0 Å². The highest BCUT2D eigenvalue weighted by Gasteiger charge is 2.26. The van der Waals surface area contributed by atoms with Crippen molar-refractivity contribution in [2.75, 3.05) is 11.4 Å². The number of nitrogens with zero attached hydrogens (tertiary/aromatic N) is 1. The summed E-state index contributed by atoms with van der Waals surface area (Å²) in [7, 11) is 0. The third kappa shape index (κ3) is 1.90. The summed E-state index contributed by atoms with van der Waals surface area (Å²) < 4.78 is 0. The van der Waals surface area contributed by atoms with E-state index in [2.05, 4.69) is 0 Å². The second kappa shape index (κ2) is 4.20. The highest BCUT2D eigenvalue weighted by molar-refractivity contribution is 6.02. The normalized spacial score (nSPS) is 14.4. The van der Waals surface area contributed by atoms with Gasteiger partial charge in [0.25, 0.3) is 0 Å². The van der Waals surface area contributed by atoms with Crippen molar-refractivity contribution < 1.29 is 14.7 Å². The highest BCUT2D eigenvalue weighted by Crippen LogP contribution is 2.33. The molecule has 2 rings (SSSR count). The number of hydrogen-bond acceptors (Lipinski definition) is 2. The van der Waals surface area contributed by atoms with E-state index in [1.165, 1.54) is 6.92 Å². The van der Waals surface area contributed by atoms with Crippen LogP contribution in [0.15, 0.2) is 12.1 Å². The van der Waals surface area contributed by atoms with E-state index >= 15 is 0 Å². The SMILES string of the molecule is CC(=O)N1CCCc2c(C)ccc(C(=O)O)c21. The molecule has 0 fully saturated rings. The lowest BCUT2D eigenvalue weighted by atomic mass is 9.93. The number of benzene rings is 1. The summed E-state index contributed by atoms with van der Waals surface area (Å²) in [5.41, 5.74) is 2.86. The van der Waals surface area contributed by atoms with Crippen LogP contribution in [0.4, 0.5) is 5.69 Å². The zero-order chi connectivity index (χ0) is 12.6. The molecule has 90 valence electrons. The Kier molecular flexibility index (Phi) is 2.88. The van der Waals surface area contributed by atoms with E-state index in [0.29, 0.717) is 12.2 Å². The Morgan fingerprint density at radius 2 is 2.06 bits per heavy atom. The van der Waals surface area contributed by atoms with E-state index in [4.69, 9.17) is 0 Å². The van der Waals surface area contributed by atoms with Crippen LogP contribution < -0.4 is 4.90 Å². The molecule has 4 nitrogen and oxygen atoms in total. The Labute approximate surface area is 99.9 Å². The van der Waals surface area contributed by atoms with Gasteiger partial charge in [-0.2, -0.15) is 0 Å². The topological polar surface area (TPSA) is 57.6 Å². The third-order valence-corrected chi connectivity index (χ3v) is 3.21. The van der Waals surface area contributed by atoms with Crippen molar-refractivity contribution in [3.05, 3.63) is 28.8 Å². The van der Waals surface area contributed by atoms with Crippen molar-refractivity contribution in [2.45, 2.75) is 26.7 Å². The molecule has 0 bridgehead atoms. The van der Waals surface area contributed by atoms with Crippen LogP contribution in [0, 0.1) is 6.92 Å². The Morgan fingerprint density at radius 1 is 1.35 bits per heavy atom. The predicted octanol–water partition coefficient (Wildman–Crippen LogP) is 1.99. The molecule has 1 aliphatic heterocycles. The number of hydrogen-bond donors (Lipinski definition) is 1. The first-order valence-corrected chi connectivity index (χ1v) is 5.66. The molecule has 0 unspecified atom stereocenters. The molecule has 1 aromatic rings. The zero-order valence-electron chi connectivity index (χ0n) is 9.99. The van der Waals surface area contributed by atoms with E-state index in [9.17, 15) is 14.7 Å². The molecule has 1 amide bonds. The third-order valence-electron chi connectivity index (χ3n) is 3.21. The number of carboxylic acids is 1. The predicted molar refractivity (Wildman–Crippen MR) is 64.5 cm³/mol. The minimum atomic E-state index is -0.977. The molecule has 1 heterocycles. The van der Waals surface area contributed by atoms with Crippen molar-refractivity contribution in [2.24, 2.45) is 0 Å². The molecule has 17 heavy (non-hydrogen) atoms. The van der Waals surface area contributed by atoms with Crippen LogP contribution in [-0.2, 0) is 11.2 Å². The average Bonchev–Trinajstić information content (AvgIpc) is 2.28. The van der Waals surface area contributed by atoms with Crippen molar-refractivity contribution in [1.82, 2.24) is 0 Å². The molecule has 0 aliphatic carbocycles. The number of carboxylic acid groups (broad SMARTS) is 1. The zero-order valence-corrected chi connectivity index (χ0v) is 9.99. The Bertz CT molecular complexity index is 494. The van der Waals surface area contributed by atoms with Gasteiger partial charge in [0.2, 0.25) is 5.91 Å². The van der Waals surface area contributed by atoms with Crippen molar-refractivity contribution in [3.8, 4) is 0 Å². The molecular formula is C13H15NO3. The standard InChI is InChI=1S/C13H15NO3/c1-8-5-6-11(13(16)17)12-10(8)4-3-7-14(12)9(2)15/h5-6H,3-4,7H2,1-2H3,(H,16,17). The molecule has 1 aromatic carbocycles. The number of aryl methyl sites for hydroxylation is 1. The van der Waals surface area contributed by atoms with Crippen LogP contribution in [0.2, 0.25) is 0 Å². The van der Waals surface area contributed by atoms with E-state index in [1.807, 2.05) is 13.0 Å². The van der Waals surface area contributed by atoms with Gasteiger partial charge in [-0.1, -0.05) is 6.07 Å². The van der Waals surface area contributed by atoms with E-state index in [-0.39, 0.29) is 11.5 Å². The summed E-state index contributed by atoms with van der Waals surface area (Å²) in [6, 6.07) is 3.39. The molecule has 1 aliphatic rings. The molecular weight excluding hydrogens is 218 g/mol. The fourth-order valence-corrected chi connectivity index (χ4v) is 2.37. The number of carbonyl (C=O) groups is 2. The van der Waals surface area contributed by atoms with Crippen LogP contribution in [0.3, 0.4) is 0 Å².